The van der Waals surface area contributed by atoms with Gasteiger partial charge in [0.1, 0.15) is 5.01 Å². The minimum absolute atomic E-state index is 0.240. The van der Waals surface area contributed by atoms with Crippen LogP contribution in [0.2, 0.25) is 0 Å². The molecule has 0 aliphatic rings. The van der Waals surface area contributed by atoms with Crippen LogP contribution in [0, 0.1) is 26.7 Å². The number of anilines is 1. The lowest BCUT2D eigenvalue weighted by atomic mass is 9.97. The van der Waals surface area contributed by atoms with Crippen molar-refractivity contribution >= 4 is 16.5 Å². The fourth-order valence-electron chi connectivity index (χ4n) is 2.46. The summed E-state index contributed by atoms with van der Waals surface area (Å²) in [6.07, 6.45) is 0.996. The lowest BCUT2D eigenvalue weighted by molar-refractivity contribution is 0.640. The number of nitrogens with one attached hydrogen (secondary N) is 1. The molecule has 0 aliphatic carbocycles. The average Bonchev–Trinajstić information content (AvgIpc) is 2.80. The van der Waals surface area contributed by atoms with Crippen LogP contribution in [0.4, 0.5) is 5.13 Å². The Morgan fingerprint density at radius 3 is 2.33 bits per heavy atom. The van der Waals surface area contributed by atoms with E-state index in [2.05, 4.69) is 69.2 Å². The van der Waals surface area contributed by atoms with Gasteiger partial charge in [0.25, 0.3) is 0 Å². The molecule has 0 saturated heterocycles. The van der Waals surface area contributed by atoms with E-state index in [0.717, 1.165) is 16.6 Å². The van der Waals surface area contributed by atoms with Crippen molar-refractivity contribution in [3.63, 3.8) is 0 Å². The predicted octanol–water partition coefficient (Wildman–Crippen LogP) is 4.83. The molecule has 0 aliphatic heterocycles. The molecule has 3 nitrogen and oxygen atoms in total. The first-order valence-corrected chi connectivity index (χ1v) is 8.35. The normalized spacial score (nSPS) is 12.7. The monoisotopic (exact) mass is 303 g/mol. The molecule has 2 rings (SSSR count). The molecule has 1 unspecified atom stereocenters. The largest absolute Gasteiger partial charge is 0.354 e. The highest BCUT2D eigenvalue weighted by Gasteiger charge is 2.13. The van der Waals surface area contributed by atoms with Crippen LogP contribution >= 0.6 is 11.3 Å². The maximum absolute atomic E-state index is 4.26. The molecular formula is C17H25N3S. The number of rotatable bonds is 5. The molecule has 0 radical (unpaired) electrons. The van der Waals surface area contributed by atoms with Gasteiger partial charge < -0.3 is 5.32 Å². The summed E-state index contributed by atoms with van der Waals surface area (Å²) < 4.78 is 0. The molecule has 1 N–H and O–H groups in total. The summed E-state index contributed by atoms with van der Waals surface area (Å²) in [6, 6.07) is 4.77. The Hall–Kier alpha value is -1.42. The van der Waals surface area contributed by atoms with Crippen LogP contribution in [0.5, 0.6) is 0 Å². The van der Waals surface area contributed by atoms with Crippen LogP contribution < -0.4 is 5.32 Å². The second-order valence-electron chi connectivity index (χ2n) is 6.26. The van der Waals surface area contributed by atoms with E-state index in [9.17, 15) is 0 Å². The van der Waals surface area contributed by atoms with E-state index in [4.69, 9.17) is 0 Å². The maximum Gasteiger partial charge on any atom is 0.206 e. The Labute approximate surface area is 131 Å². The molecule has 0 bridgehead atoms. The molecule has 0 fully saturated rings. The van der Waals surface area contributed by atoms with Gasteiger partial charge in [-0.05, 0) is 55.9 Å². The summed E-state index contributed by atoms with van der Waals surface area (Å²) in [5.41, 5.74) is 5.34. The van der Waals surface area contributed by atoms with Gasteiger partial charge in [0.05, 0.1) is 6.04 Å². The van der Waals surface area contributed by atoms with Crippen LogP contribution in [0.3, 0.4) is 0 Å². The van der Waals surface area contributed by atoms with E-state index in [0.29, 0.717) is 5.92 Å². The third-order valence-corrected chi connectivity index (χ3v) is 4.62. The summed E-state index contributed by atoms with van der Waals surface area (Å²) in [4.78, 5) is 0. The van der Waals surface area contributed by atoms with Gasteiger partial charge >= 0.3 is 0 Å². The zero-order valence-corrected chi connectivity index (χ0v) is 14.6. The van der Waals surface area contributed by atoms with Crippen molar-refractivity contribution in [1.29, 1.82) is 0 Å². The predicted molar refractivity (Wildman–Crippen MR) is 91.1 cm³/mol. The third kappa shape index (κ3) is 4.03. The fraction of sp³-hybridized carbons (Fsp3) is 0.529. The second kappa shape index (κ2) is 6.56. The summed E-state index contributed by atoms with van der Waals surface area (Å²) in [5.74, 6) is 0.616. The number of nitrogens with zero attached hydrogens (tertiary/aromatic N) is 2. The Morgan fingerprint density at radius 2 is 1.67 bits per heavy atom. The van der Waals surface area contributed by atoms with Gasteiger partial charge in [-0.15, -0.1) is 10.2 Å². The minimum Gasteiger partial charge on any atom is -0.354 e. The smallest absolute Gasteiger partial charge is 0.206 e. The lowest BCUT2D eigenvalue weighted by Gasteiger charge is -2.17. The number of hydrogen-bond acceptors (Lipinski definition) is 4. The van der Waals surface area contributed by atoms with Crippen molar-refractivity contribution in [2.75, 3.05) is 5.32 Å². The molecule has 0 saturated carbocycles. The molecule has 1 heterocycles. The van der Waals surface area contributed by atoms with Crippen molar-refractivity contribution in [3.05, 3.63) is 39.4 Å². The molecule has 2 aromatic rings. The average molecular weight is 303 g/mol. The fourth-order valence-corrected chi connectivity index (χ4v) is 3.49. The SMILES string of the molecule is Cc1cc(C)c(C(C)Nc2nnc(CC(C)C)s2)cc1C. The number of hydrogen-bond donors (Lipinski definition) is 1. The van der Waals surface area contributed by atoms with Gasteiger partial charge in [0, 0.05) is 6.42 Å². The van der Waals surface area contributed by atoms with Crippen molar-refractivity contribution in [1.82, 2.24) is 10.2 Å². The molecule has 21 heavy (non-hydrogen) atoms. The Kier molecular flexibility index (Phi) is 4.99. The van der Waals surface area contributed by atoms with E-state index >= 15 is 0 Å². The molecule has 1 aromatic carbocycles. The minimum atomic E-state index is 0.240. The number of aryl methyl sites for hydroxylation is 3. The maximum atomic E-state index is 4.26. The lowest BCUT2D eigenvalue weighted by Crippen LogP contribution is -2.08. The molecular weight excluding hydrogens is 278 g/mol. The first-order chi connectivity index (χ1) is 9.86. The van der Waals surface area contributed by atoms with Crippen LogP contribution in [0.25, 0.3) is 0 Å². The standard InChI is InChI=1S/C17H25N3S/c1-10(2)7-16-19-20-17(21-16)18-14(6)15-9-12(4)11(3)8-13(15)5/h8-10,14H,7H2,1-6H3,(H,18,20). The van der Waals surface area contributed by atoms with E-state index in [1.165, 1.54) is 22.3 Å². The van der Waals surface area contributed by atoms with Gasteiger partial charge in [-0.25, -0.2) is 0 Å². The van der Waals surface area contributed by atoms with E-state index in [1.54, 1.807) is 11.3 Å². The van der Waals surface area contributed by atoms with Crippen molar-refractivity contribution in [2.24, 2.45) is 5.92 Å². The highest BCUT2D eigenvalue weighted by molar-refractivity contribution is 7.15. The third-order valence-electron chi connectivity index (χ3n) is 3.74. The van der Waals surface area contributed by atoms with Gasteiger partial charge in [-0.1, -0.05) is 37.3 Å². The second-order valence-corrected chi connectivity index (χ2v) is 7.32. The van der Waals surface area contributed by atoms with E-state index in [-0.39, 0.29) is 6.04 Å². The number of aromatic nitrogens is 2. The van der Waals surface area contributed by atoms with Crippen LogP contribution in [0.15, 0.2) is 12.1 Å². The Balaban J connectivity index is 2.12. The quantitative estimate of drug-likeness (QED) is 0.859. The Morgan fingerprint density at radius 1 is 1.00 bits per heavy atom. The van der Waals surface area contributed by atoms with Gasteiger partial charge in [-0.3, -0.25) is 0 Å². The first kappa shape index (κ1) is 16.0. The molecule has 0 amide bonds. The zero-order valence-electron chi connectivity index (χ0n) is 13.8. The molecule has 0 spiro atoms. The van der Waals surface area contributed by atoms with Gasteiger partial charge in [0.15, 0.2) is 0 Å². The topological polar surface area (TPSA) is 37.8 Å². The Bertz CT molecular complexity index is 616. The summed E-state index contributed by atoms with van der Waals surface area (Å²) >= 11 is 1.66. The van der Waals surface area contributed by atoms with Gasteiger partial charge in [-0.2, -0.15) is 0 Å². The molecule has 4 heteroatoms. The highest BCUT2D eigenvalue weighted by atomic mass is 32.1. The number of benzene rings is 1. The zero-order chi connectivity index (χ0) is 15.6. The summed E-state index contributed by atoms with van der Waals surface area (Å²) in [7, 11) is 0. The first-order valence-electron chi connectivity index (χ1n) is 7.53. The van der Waals surface area contributed by atoms with E-state index < -0.39 is 0 Å². The van der Waals surface area contributed by atoms with Crippen LogP contribution in [0.1, 0.15) is 54.1 Å². The molecule has 114 valence electrons. The molecule has 1 atom stereocenters. The van der Waals surface area contributed by atoms with Crippen molar-refractivity contribution in [2.45, 2.75) is 54.0 Å². The molecule has 1 aromatic heterocycles. The van der Waals surface area contributed by atoms with Crippen LogP contribution in [-0.4, -0.2) is 10.2 Å². The highest BCUT2D eigenvalue weighted by Crippen LogP contribution is 2.27. The summed E-state index contributed by atoms with van der Waals surface area (Å²) in [6.45, 7) is 13.1. The van der Waals surface area contributed by atoms with Gasteiger partial charge in [0.2, 0.25) is 5.13 Å². The van der Waals surface area contributed by atoms with Crippen LogP contribution in [-0.2, 0) is 6.42 Å². The van der Waals surface area contributed by atoms with Crippen molar-refractivity contribution < 1.29 is 0 Å². The van der Waals surface area contributed by atoms with Crippen molar-refractivity contribution in [3.8, 4) is 0 Å². The summed E-state index contributed by atoms with van der Waals surface area (Å²) in [5, 5.41) is 14.0. The van der Waals surface area contributed by atoms with E-state index in [1.807, 2.05) is 0 Å².